The molecule has 0 aromatic rings. The van der Waals surface area contributed by atoms with Gasteiger partial charge < -0.3 is 5.32 Å². The molecule has 0 saturated carbocycles. The van der Waals surface area contributed by atoms with Crippen LogP contribution in [0.1, 0.15) is 52.9 Å². The van der Waals surface area contributed by atoms with Gasteiger partial charge in [-0.25, -0.2) is 0 Å². The van der Waals surface area contributed by atoms with E-state index in [1.54, 1.807) is 8.61 Å². The Bertz CT molecular complexity index is 409. The summed E-state index contributed by atoms with van der Waals surface area (Å²) < 4.78 is 29.3. The molecule has 2 unspecified atom stereocenters. The topological polar surface area (TPSA) is 52.7 Å². The van der Waals surface area contributed by atoms with Crippen molar-refractivity contribution in [1.82, 2.24) is 13.9 Å². The molecule has 0 bridgehead atoms. The van der Waals surface area contributed by atoms with E-state index in [1.165, 1.54) is 0 Å². The summed E-state index contributed by atoms with van der Waals surface area (Å²) in [6.45, 7) is 9.56. The Hall–Kier alpha value is -0.170. The summed E-state index contributed by atoms with van der Waals surface area (Å²) in [6, 6.07) is 0.275. The van der Waals surface area contributed by atoms with Crippen molar-refractivity contribution in [1.29, 1.82) is 0 Å². The Morgan fingerprint density at radius 3 is 2.14 bits per heavy atom. The van der Waals surface area contributed by atoms with E-state index in [4.69, 9.17) is 0 Å². The summed E-state index contributed by atoms with van der Waals surface area (Å²) in [5, 5.41) is 3.37. The maximum absolute atomic E-state index is 12.9. The van der Waals surface area contributed by atoms with Crippen LogP contribution in [0.15, 0.2) is 0 Å². The van der Waals surface area contributed by atoms with Crippen molar-refractivity contribution < 1.29 is 8.42 Å². The zero-order chi connectivity index (χ0) is 15.5. The van der Waals surface area contributed by atoms with Crippen LogP contribution in [0.25, 0.3) is 0 Å². The molecule has 5 nitrogen and oxygen atoms in total. The molecule has 0 spiro atoms. The molecular weight excluding hydrogens is 286 g/mol. The summed E-state index contributed by atoms with van der Waals surface area (Å²) in [6.07, 6.45) is 5.06. The van der Waals surface area contributed by atoms with E-state index in [0.717, 1.165) is 45.2 Å². The van der Waals surface area contributed by atoms with Crippen LogP contribution in [0, 0.1) is 5.92 Å². The van der Waals surface area contributed by atoms with Crippen LogP contribution in [-0.4, -0.2) is 55.3 Å². The van der Waals surface area contributed by atoms with E-state index in [9.17, 15) is 8.42 Å². The van der Waals surface area contributed by atoms with E-state index in [2.05, 4.69) is 12.2 Å². The fraction of sp³-hybridized carbons (Fsp3) is 1.00. The number of hydrogen-bond acceptors (Lipinski definition) is 3. The van der Waals surface area contributed by atoms with Gasteiger partial charge in [0.25, 0.3) is 10.2 Å². The molecule has 2 rings (SSSR count). The molecule has 2 saturated heterocycles. The van der Waals surface area contributed by atoms with E-state index in [0.29, 0.717) is 19.0 Å². The minimum Gasteiger partial charge on any atom is -0.317 e. The molecule has 0 radical (unpaired) electrons. The molecule has 0 aliphatic carbocycles. The lowest BCUT2D eigenvalue weighted by Gasteiger charge is -2.42. The average Bonchev–Trinajstić information content (AvgIpc) is 2.45. The Labute approximate surface area is 130 Å². The largest absolute Gasteiger partial charge is 0.317 e. The van der Waals surface area contributed by atoms with Crippen LogP contribution in [-0.2, 0) is 10.2 Å². The average molecular weight is 317 g/mol. The first kappa shape index (κ1) is 17.2. The molecule has 2 aliphatic rings. The molecule has 2 heterocycles. The number of hydrogen-bond donors (Lipinski definition) is 1. The lowest BCUT2D eigenvalue weighted by Crippen LogP contribution is -2.55. The van der Waals surface area contributed by atoms with Gasteiger partial charge in [0, 0.05) is 25.2 Å². The van der Waals surface area contributed by atoms with Gasteiger partial charge in [-0.1, -0.05) is 13.3 Å². The van der Waals surface area contributed by atoms with Crippen molar-refractivity contribution in [2.24, 2.45) is 5.92 Å². The van der Waals surface area contributed by atoms with Gasteiger partial charge in [-0.3, -0.25) is 0 Å². The van der Waals surface area contributed by atoms with E-state index >= 15 is 0 Å². The standard InChI is InChI=1S/C15H31N3O2S/c1-4-16-12-15-8-10-17(11-9-15)21(19,20)18-13(2)6-5-7-14(18)3/h13-16H,4-12H2,1-3H3. The van der Waals surface area contributed by atoms with Crippen molar-refractivity contribution in [3.63, 3.8) is 0 Å². The molecular formula is C15H31N3O2S. The first-order valence-corrected chi connectivity index (χ1v) is 9.85. The lowest BCUT2D eigenvalue weighted by molar-refractivity contribution is 0.177. The monoisotopic (exact) mass is 317 g/mol. The van der Waals surface area contributed by atoms with Crippen molar-refractivity contribution in [2.45, 2.75) is 65.0 Å². The van der Waals surface area contributed by atoms with Gasteiger partial charge >= 0.3 is 0 Å². The number of rotatable bonds is 5. The predicted molar refractivity (Wildman–Crippen MR) is 86.4 cm³/mol. The van der Waals surface area contributed by atoms with Gasteiger partial charge in [0.2, 0.25) is 0 Å². The molecule has 6 heteroatoms. The molecule has 0 aromatic heterocycles. The highest BCUT2D eigenvalue weighted by Gasteiger charge is 2.39. The summed E-state index contributed by atoms with van der Waals surface area (Å²) in [5.74, 6) is 0.618. The smallest absolute Gasteiger partial charge is 0.282 e. The summed E-state index contributed by atoms with van der Waals surface area (Å²) in [4.78, 5) is 0. The highest BCUT2D eigenvalue weighted by Crippen LogP contribution is 2.29. The summed E-state index contributed by atoms with van der Waals surface area (Å²) in [7, 11) is -3.28. The van der Waals surface area contributed by atoms with Gasteiger partial charge in [0.1, 0.15) is 0 Å². The molecule has 2 fully saturated rings. The highest BCUT2D eigenvalue weighted by molar-refractivity contribution is 7.86. The first-order chi connectivity index (χ1) is 9.96. The van der Waals surface area contributed by atoms with Crippen LogP contribution in [0.4, 0.5) is 0 Å². The molecule has 2 atom stereocenters. The van der Waals surface area contributed by atoms with Crippen molar-refractivity contribution in [3.05, 3.63) is 0 Å². The van der Waals surface area contributed by atoms with Crippen LogP contribution in [0.3, 0.4) is 0 Å². The quantitative estimate of drug-likeness (QED) is 0.841. The molecule has 2 aliphatic heterocycles. The number of nitrogens with one attached hydrogen (secondary N) is 1. The maximum Gasteiger partial charge on any atom is 0.282 e. The zero-order valence-electron chi connectivity index (χ0n) is 13.7. The van der Waals surface area contributed by atoms with Crippen LogP contribution < -0.4 is 5.32 Å². The summed E-state index contributed by atoms with van der Waals surface area (Å²) >= 11 is 0. The van der Waals surface area contributed by atoms with Gasteiger partial charge in [0.05, 0.1) is 0 Å². The van der Waals surface area contributed by atoms with E-state index in [1.807, 2.05) is 13.8 Å². The first-order valence-electron chi connectivity index (χ1n) is 8.46. The second kappa shape index (κ2) is 7.40. The lowest BCUT2D eigenvalue weighted by atomic mass is 9.98. The SMILES string of the molecule is CCNCC1CCN(S(=O)(=O)N2C(C)CCCC2C)CC1. The zero-order valence-corrected chi connectivity index (χ0v) is 14.5. The van der Waals surface area contributed by atoms with Crippen molar-refractivity contribution in [2.75, 3.05) is 26.2 Å². The van der Waals surface area contributed by atoms with Gasteiger partial charge in [-0.2, -0.15) is 17.0 Å². The van der Waals surface area contributed by atoms with Gasteiger partial charge in [0.15, 0.2) is 0 Å². The van der Waals surface area contributed by atoms with Crippen molar-refractivity contribution in [3.8, 4) is 0 Å². The number of nitrogens with zero attached hydrogens (tertiary/aromatic N) is 2. The third kappa shape index (κ3) is 3.97. The Balaban J connectivity index is 1.97. The van der Waals surface area contributed by atoms with Crippen LogP contribution >= 0.6 is 0 Å². The minimum absolute atomic E-state index is 0.137. The highest BCUT2D eigenvalue weighted by atomic mass is 32.2. The third-order valence-corrected chi connectivity index (χ3v) is 7.23. The van der Waals surface area contributed by atoms with Crippen LogP contribution in [0.2, 0.25) is 0 Å². The molecule has 21 heavy (non-hydrogen) atoms. The summed E-state index contributed by atoms with van der Waals surface area (Å²) in [5.41, 5.74) is 0. The normalized spacial score (nSPS) is 30.6. The van der Waals surface area contributed by atoms with Gasteiger partial charge in [-0.05, 0) is 58.5 Å². The maximum atomic E-state index is 12.9. The van der Waals surface area contributed by atoms with Crippen LogP contribution in [0.5, 0.6) is 0 Å². The molecule has 124 valence electrons. The predicted octanol–water partition coefficient (Wildman–Crippen LogP) is 1.82. The third-order valence-electron chi connectivity index (χ3n) is 4.96. The fourth-order valence-corrected chi connectivity index (χ4v) is 5.74. The second-order valence-corrected chi connectivity index (χ2v) is 8.45. The molecule has 1 N–H and O–H groups in total. The van der Waals surface area contributed by atoms with Crippen molar-refractivity contribution >= 4 is 10.2 Å². The number of piperidine rings is 2. The Morgan fingerprint density at radius 2 is 1.62 bits per heavy atom. The van der Waals surface area contributed by atoms with E-state index < -0.39 is 10.2 Å². The van der Waals surface area contributed by atoms with E-state index in [-0.39, 0.29) is 12.1 Å². The molecule has 0 aromatic carbocycles. The fourth-order valence-electron chi connectivity index (χ4n) is 3.68. The second-order valence-electron chi connectivity index (χ2n) is 6.62. The Morgan fingerprint density at radius 1 is 1.05 bits per heavy atom. The van der Waals surface area contributed by atoms with Gasteiger partial charge in [-0.15, -0.1) is 0 Å². The minimum atomic E-state index is -3.28. The molecule has 0 amide bonds. The Kier molecular flexibility index (Phi) is 6.05.